The maximum absolute atomic E-state index is 11.9. The second kappa shape index (κ2) is 7.91. The van der Waals surface area contributed by atoms with Gasteiger partial charge in [-0.15, -0.1) is 0 Å². The maximum Gasteiger partial charge on any atom is 0.337 e. The van der Waals surface area contributed by atoms with Crippen molar-refractivity contribution >= 4 is 17.6 Å². The van der Waals surface area contributed by atoms with Gasteiger partial charge in [0.05, 0.1) is 30.4 Å². The maximum atomic E-state index is 11.9. The third-order valence-corrected chi connectivity index (χ3v) is 3.53. The number of carbonyl (C=O) groups is 2. The number of carboxylic acid groups (broad SMARTS) is 1. The van der Waals surface area contributed by atoms with Crippen LogP contribution in [0.4, 0.5) is 5.69 Å². The first kappa shape index (κ1) is 16.5. The number of hydrogen-bond acceptors (Lipinski definition) is 4. The van der Waals surface area contributed by atoms with Gasteiger partial charge in [-0.1, -0.05) is 11.6 Å². The Labute approximate surface area is 129 Å². The van der Waals surface area contributed by atoms with E-state index in [2.05, 4.69) is 5.32 Å². The van der Waals surface area contributed by atoms with Crippen LogP contribution >= 0.6 is 0 Å². The van der Waals surface area contributed by atoms with Gasteiger partial charge in [0.1, 0.15) is 0 Å². The van der Waals surface area contributed by atoms with Crippen molar-refractivity contribution in [3.63, 3.8) is 0 Å². The summed E-state index contributed by atoms with van der Waals surface area (Å²) < 4.78 is 10.9. The molecule has 0 saturated carbocycles. The summed E-state index contributed by atoms with van der Waals surface area (Å²) in [6.45, 7) is 3.52. The molecule has 0 atom stereocenters. The third-order valence-electron chi connectivity index (χ3n) is 3.53. The average molecular weight is 307 g/mol. The van der Waals surface area contributed by atoms with E-state index in [-0.39, 0.29) is 24.0 Å². The molecule has 2 rings (SSSR count). The number of benzene rings is 1. The highest BCUT2D eigenvalue weighted by Gasteiger charge is 2.16. The Balaban J connectivity index is 1.82. The van der Waals surface area contributed by atoms with Gasteiger partial charge >= 0.3 is 5.97 Å². The zero-order valence-electron chi connectivity index (χ0n) is 12.6. The Kier molecular flexibility index (Phi) is 5.91. The van der Waals surface area contributed by atoms with Gasteiger partial charge in [0.2, 0.25) is 5.91 Å². The molecule has 1 heterocycles. The standard InChI is InChI=1S/C16H21NO5/c1-11-2-3-14(13(10-11)16(19)20)17-15(18)6-9-22-12-4-7-21-8-5-12/h2-3,10,12H,4-9H2,1H3,(H,17,18)(H,19,20). The van der Waals surface area contributed by atoms with E-state index in [1.165, 1.54) is 6.07 Å². The third kappa shape index (κ3) is 4.82. The average Bonchev–Trinajstić information content (AvgIpc) is 2.50. The lowest BCUT2D eigenvalue weighted by Gasteiger charge is -2.22. The molecule has 1 aliphatic rings. The highest BCUT2D eigenvalue weighted by molar-refractivity contribution is 6.00. The highest BCUT2D eigenvalue weighted by atomic mass is 16.5. The number of rotatable bonds is 6. The predicted octanol–water partition coefficient (Wildman–Crippen LogP) is 2.22. The molecule has 0 bridgehead atoms. The molecule has 0 unspecified atom stereocenters. The molecule has 1 saturated heterocycles. The first-order chi connectivity index (χ1) is 10.6. The lowest BCUT2D eigenvalue weighted by molar-refractivity contribution is -0.118. The van der Waals surface area contributed by atoms with Crippen molar-refractivity contribution in [3.05, 3.63) is 29.3 Å². The number of carbonyl (C=O) groups excluding carboxylic acids is 1. The molecular formula is C16H21NO5. The van der Waals surface area contributed by atoms with Crippen LogP contribution < -0.4 is 5.32 Å². The van der Waals surface area contributed by atoms with Gasteiger partial charge in [-0.3, -0.25) is 4.79 Å². The smallest absolute Gasteiger partial charge is 0.337 e. The fourth-order valence-corrected chi connectivity index (χ4v) is 2.32. The number of aryl methyl sites for hydroxylation is 1. The van der Waals surface area contributed by atoms with Gasteiger partial charge < -0.3 is 19.9 Å². The summed E-state index contributed by atoms with van der Waals surface area (Å²) in [6, 6.07) is 4.91. The van der Waals surface area contributed by atoms with Gasteiger partial charge in [-0.25, -0.2) is 4.79 Å². The molecule has 22 heavy (non-hydrogen) atoms. The summed E-state index contributed by atoms with van der Waals surface area (Å²) in [5.74, 6) is -1.31. The van der Waals surface area contributed by atoms with Crippen LogP contribution in [-0.4, -0.2) is 42.9 Å². The lowest BCUT2D eigenvalue weighted by Crippen LogP contribution is -2.25. The van der Waals surface area contributed by atoms with Gasteiger partial charge in [0.15, 0.2) is 0 Å². The van der Waals surface area contributed by atoms with E-state index in [1.807, 2.05) is 0 Å². The molecule has 6 heteroatoms. The number of aromatic carboxylic acids is 1. The number of nitrogens with one attached hydrogen (secondary N) is 1. The summed E-state index contributed by atoms with van der Waals surface area (Å²) in [6.07, 6.45) is 2.05. The second-order valence-corrected chi connectivity index (χ2v) is 5.33. The molecule has 1 amide bonds. The molecule has 0 aromatic heterocycles. The number of anilines is 1. The lowest BCUT2D eigenvalue weighted by atomic mass is 10.1. The van der Waals surface area contributed by atoms with Gasteiger partial charge in [-0.2, -0.15) is 0 Å². The van der Waals surface area contributed by atoms with Gasteiger partial charge in [-0.05, 0) is 31.9 Å². The van der Waals surface area contributed by atoms with E-state index in [1.54, 1.807) is 19.1 Å². The van der Waals surface area contributed by atoms with Crippen LogP contribution in [0.1, 0.15) is 35.2 Å². The predicted molar refractivity (Wildman–Crippen MR) is 81.2 cm³/mol. The number of amides is 1. The van der Waals surface area contributed by atoms with E-state index in [9.17, 15) is 9.59 Å². The monoisotopic (exact) mass is 307 g/mol. The fourth-order valence-electron chi connectivity index (χ4n) is 2.32. The Hall–Kier alpha value is -1.92. The molecule has 0 aliphatic carbocycles. The summed E-state index contributed by atoms with van der Waals surface area (Å²) in [4.78, 5) is 23.1. The van der Waals surface area contributed by atoms with Crippen LogP contribution in [0.2, 0.25) is 0 Å². The number of carboxylic acids is 1. The molecule has 0 radical (unpaired) electrons. The summed E-state index contributed by atoms with van der Waals surface area (Å²) >= 11 is 0. The van der Waals surface area contributed by atoms with Crippen molar-refractivity contribution in [1.82, 2.24) is 0 Å². The molecule has 2 N–H and O–H groups in total. The van der Waals surface area contributed by atoms with Crippen LogP contribution in [0.5, 0.6) is 0 Å². The van der Waals surface area contributed by atoms with Crippen LogP contribution in [0.15, 0.2) is 18.2 Å². The van der Waals surface area contributed by atoms with E-state index in [0.29, 0.717) is 25.5 Å². The zero-order valence-corrected chi connectivity index (χ0v) is 12.6. The number of hydrogen-bond donors (Lipinski definition) is 2. The van der Waals surface area contributed by atoms with Crippen molar-refractivity contribution in [2.75, 3.05) is 25.1 Å². The Bertz CT molecular complexity index is 537. The Morgan fingerprint density at radius 1 is 1.36 bits per heavy atom. The second-order valence-electron chi connectivity index (χ2n) is 5.33. The quantitative estimate of drug-likeness (QED) is 0.841. The van der Waals surface area contributed by atoms with Gasteiger partial charge in [0, 0.05) is 13.2 Å². The SMILES string of the molecule is Cc1ccc(NC(=O)CCOC2CCOCC2)c(C(=O)O)c1. The summed E-state index contributed by atoms with van der Waals surface area (Å²) in [5, 5.41) is 11.8. The van der Waals surface area contributed by atoms with E-state index < -0.39 is 5.97 Å². The molecule has 1 aliphatic heterocycles. The Morgan fingerprint density at radius 2 is 2.09 bits per heavy atom. The molecule has 1 aromatic rings. The molecule has 120 valence electrons. The van der Waals surface area contributed by atoms with Crippen molar-refractivity contribution in [2.24, 2.45) is 0 Å². The van der Waals surface area contributed by atoms with Crippen LogP contribution in [0.3, 0.4) is 0 Å². The normalized spacial score (nSPS) is 15.5. The largest absolute Gasteiger partial charge is 0.478 e. The molecule has 0 spiro atoms. The van der Waals surface area contributed by atoms with Crippen molar-refractivity contribution in [3.8, 4) is 0 Å². The zero-order chi connectivity index (χ0) is 15.9. The van der Waals surface area contributed by atoms with Crippen molar-refractivity contribution in [1.29, 1.82) is 0 Å². The van der Waals surface area contributed by atoms with Crippen LogP contribution in [-0.2, 0) is 14.3 Å². The summed E-state index contributed by atoms with van der Waals surface area (Å²) in [5.41, 5.74) is 1.24. The minimum Gasteiger partial charge on any atom is -0.478 e. The molecular weight excluding hydrogens is 286 g/mol. The van der Waals surface area contributed by atoms with Crippen molar-refractivity contribution in [2.45, 2.75) is 32.3 Å². The van der Waals surface area contributed by atoms with Crippen LogP contribution in [0, 0.1) is 6.92 Å². The molecule has 6 nitrogen and oxygen atoms in total. The molecule has 1 fully saturated rings. The van der Waals surface area contributed by atoms with Crippen molar-refractivity contribution < 1.29 is 24.2 Å². The first-order valence-electron chi connectivity index (χ1n) is 7.39. The number of ether oxygens (including phenoxy) is 2. The van der Waals surface area contributed by atoms with E-state index >= 15 is 0 Å². The first-order valence-corrected chi connectivity index (χ1v) is 7.39. The minimum atomic E-state index is -1.06. The van der Waals surface area contributed by atoms with E-state index in [4.69, 9.17) is 14.6 Å². The van der Waals surface area contributed by atoms with Gasteiger partial charge in [0.25, 0.3) is 0 Å². The van der Waals surface area contributed by atoms with Crippen LogP contribution in [0.25, 0.3) is 0 Å². The highest BCUT2D eigenvalue weighted by Crippen LogP contribution is 2.18. The fraction of sp³-hybridized carbons (Fsp3) is 0.500. The molecule has 1 aromatic carbocycles. The topological polar surface area (TPSA) is 84.9 Å². The van der Waals surface area contributed by atoms with E-state index in [0.717, 1.165) is 18.4 Å². The minimum absolute atomic E-state index is 0.0960. The summed E-state index contributed by atoms with van der Waals surface area (Å²) in [7, 11) is 0. The Morgan fingerprint density at radius 3 is 2.77 bits per heavy atom.